The number of aromatic nitrogens is 2. The van der Waals surface area contributed by atoms with Crippen molar-refractivity contribution in [3.8, 4) is 0 Å². The molecule has 2 atom stereocenters. The number of aliphatic hydroxyl groups is 1. The first kappa shape index (κ1) is 21.9. The van der Waals surface area contributed by atoms with Crippen LogP contribution in [0.4, 0.5) is 4.39 Å². The van der Waals surface area contributed by atoms with Gasteiger partial charge in [0.2, 0.25) is 0 Å². The Hall–Kier alpha value is -2.78. The molecule has 0 saturated heterocycles. The number of amides is 2. The molecule has 2 unspecified atom stereocenters. The quantitative estimate of drug-likeness (QED) is 0.447. The summed E-state index contributed by atoms with van der Waals surface area (Å²) in [7, 11) is 1.63. The van der Waals surface area contributed by atoms with E-state index < -0.39 is 23.5 Å². The van der Waals surface area contributed by atoms with Crippen molar-refractivity contribution in [2.45, 2.75) is 51.5 Å². The van der Waals surface area contributed by atoms with Crippen LogP contribution >= 0.6 is 0 Å². The molecule has 0 aliphatic carbocycles. The molecular formula is C21H28FN5O3. The molecule has 0 radical (unpaired) electrons. The maximum atomic E-state index is 13.7. The minimum Gasteiger partial charge on any atom is -0.376 e. The Morgan fingerprint density at radius 1 is 1.40 bits per heavy atom. The lowest BCUT2D eigenvalue weighted by Gasteiger charge is -2.45. The predicted octanol–water partition coefficient (Wildman–Crippen LogP) is 1.50. The Balaban J connectivity index is 1.74. The summed E-state index contributed by atoms with van der Waals surface area (Å²) in [6.07, 6.45) is 0.943. The molecule has 0 fully saturated rings. The number of hydrogen-bond donors (Lipinski definition) is 3. The predicted molar refractivity (Wildman–Crippen MR) is 109 cm³/mol. The first-order valence-electron chi connectivity index (χ1n) is 10.1. The topological polar surface area (TPSA) is 99.5 Å². The fourth-order valence-electron chi connectivity index (χ4n) is 3.45. The van der Waals surface area contributed by atoms with Crippen molar-refractivity contribution in [2.24, 2.45) is 0 Å². The van der Waals surface area contributed by atoms with Gasteiger partial charge in [-0.05, 0) is 26.0 Å². The molecule has 30 heavy (non-hydrogen) atoms. The van der Waals surface area contributed by atoms with Gasteiger partial charge in [0.05, 0.1) is 12.1 Å². The number of benzene rings is 1. The Morgan fingerprint density at radius 2 is 2.13 bits per heavy atom. The molecule has 0 saturated carbocycles. The Labute approximate surface area is 175 Å². The number of nitrogens with one attached hydrogen (secondary N) is 2. The van der Waals surface area contributed by atoms with E-state index in [4.69, 9.17) is 0 Å². The molecule has 1 aliphatic heterocycles. The molecule has 162 valence electrons. The number of carbonyl (C=O) groups is 2. The van der Waals surface area contributed by atoms with Gasteiger partial charge in [-0.25, -0.2) is 4.39 Å². The number of nitrogens with zero attached hydrogens (tertiary/aromatic N) is 3. The fraction of sp³-hybridized carbons (Fsp3) is 0.476. The number of fused-ring (bicyclic) bond motifs is 1. The van der Waals surface area contributed by atoms with Crippen LogP contribution in [0.5, 0.6) is 0 Å². The average molecular weight is 417 g/mol. The second kappa shape index (κ2) is 8.93. The van der Waals surface area contributed by atoms with E-state index in [0.717, 1.165) is 12.8 Å². The molecule has 9 heteroatoms. The SMILES string of the molecule is CCCCNC(O)C1(C)Cn2nc(C(=O)NCc3ccccc3F)cc2C(=O)N1C. The van der Waals surface area contributed by atoms with Crippen molar-refractivity contribution in [3.05, 3.63) is 53.1 Å². The van der Waals surface area contributed by atoms with Crippen LogP contribution in [0.1, 0.15) is 53.2 Å². The molecule has 3 N–H and O–H groups in total. The van der Waals surface area contributed by atoms with Gasteiger partial charge in [0, 0.05) is 25.2 Å². The van der Waals surface area contributed by atoms with E-state index in [1.54, 1.807) is 32.2 Å². The molecule has 0 bridgehead atoms. The number of halogens is 1. The third-order valence-electron chi connectivity index (χ3n) is 5.63. The second-order valence-corrected chi connectivity index (χ2v) is 7.78. The maximum Gasteiger partial charge on any atom is 0.272 e. The summed E-state index contributed by atoms with van der Waals surface area (Å²) in [5.41, 5.74) is -0.225. The van der Waals surface area contributed by atoms with E-state index in [1.165, 1.54) is 21.7 Å². The lowest BCUT2D eigenvalue weighted by atomic mass is 9.94. The van der Waals surface area contributed by atoms with Crippen LogP contribution in [-0.4, -0.2) is 57.0 Å². The van der Waals surface area contributed by atoms with Crippen LogP contribution in [0.2, 0.25) is 0 Å². The van der Waals surface area contributed by atoms with E-state index in [2.05, 4.69) is 22.7 Å². The summed E-state index contributed by atoms with van der Waals surface area (Å²) in [5, 5.41) is 20.6. The van der Waals surface area contributed by atoms with Gasteiger partial charge >= 0.3 is 0 Å². The highest BCUT2D eigenvalue weighted by molar-refractivity contribution is 5.98. The Morgan fingerprint density at radius 3 is 2.83 bits per heavy atom. The smallest absolute Gasteiger partial charge is 0.272 e. The average Bonchev–Trinajstić information content (AvgIpc) is 3.15. The number of rotatable bonds is 8. The van der Waals surface area contributed by atoms with E-state index in [9.17, 15) is 19.1 Å². The summed E-state index contributed by atoms with van der Waals surface area (Å²) < 4.78 is 15.2. The van der Waals surface area contributed by atoms with E-state index >= 15 is 0 Å². The standard InChI is InChI=1S/C21H28FN5O3/c1-4-5-10-23-20(30)21(2)13-27-17(19(29)26(21)3)11-16(25-27)18(28)24-12-14-8-6-7-9-15(14)22/h6-9,11,20,23,30H,4-5,10,12-13H2,1-3H3,(H,24,28). The highest BCUT2D eigenvalue weighted by atomic mass is 19.1. The first-order valence-corrected chi connectivity index (χ1v) is 10.1. The molecule has 2 aromatic rings. The van der Waals surface area contributed by atoms with Gasteiger partial charge in [-0.15, -0.1) is 0 Å². The second-order valence-electron chi connectivity index (χ2n) is 7.78. The molecule has 0 spiro atoms. The highest BCUT2D eigenvalue weighted by Crippen LogP contribution is 2.28. The third kappa shape index (κ3) is 4.22. The fourth-order valence-corrected chi connectivity index (χ4v) is 3.45. The largest absolute Gasteiger partial charge is 0.376 e. The maximum absolute atomic E-state index is 13.7. The zero-order chi connectivity index (χ0) is 21.9. The van der Waals surface area contributed by atoms with Crippen molar-refractivity contribution in [3.63, 3.8) is 0 Å². The van der Waals surface area contributed by atoms with Gasteiger partial charge in [-0.2, -0.15) is 5.10 Å². The highest BCUT2D eigenvalue weighted by Gasteiger charge is 2.45. The first-order chi connectivity index (χ1) is 14.3. The normalized spacial score (nSPS) is 19.5. The molecule has 1 aromatic carbocycles. The van der Waals surface area contributed by atoms with Gasteiger partial charge in [-0.1, -0.05) is 31.5 Å². The number of hydrogen-bond acceptors (Lipinski definition) is 5. The molecule has 8 nitrogen and oxygen atoms in total. The van der Waals surface area contributed by atoms with Crippen LogP contribution in [0, 0.1) is 5.82 Å². The molecule has 1 aliphatic rings. The monoisotopic (exact) mass is 417 g/mol. The summed E-state index contributed by atoms with van der Waals surface area (Å²) in [6, 6.07) is 7.60. The van der Waals surface area contributed by atoms with Crippen molar-refractivity contribution >= 4 is 11.8 Å². The Bertz CT molecular complexity index is 931. The van der Waals surface area contributed by atoms with Crippen LogP contribution in [0.25, 0.3) is 0 Å². The lowest BCUT2D eigenvalue weighted by Crippen LogP contribution is -2.64. The van der Waals surface area contributed by atoms with Crippen molar-refractivity contribution < 1.29 is 19.1 Å². The van der Waals surface area contributed by atoms with Crippen molar-refractivity contribution in [1.82, 2.24) is 25.3 Å². The van der Waals surface area contributed by atoms with E-state index in [1.807, 2.05) is 0 Å². The van der Waals surface area contributed by atoms with Gasteiger partial charge in [-0.3, -0.25) is 19.6 Å². The zero-order valence-electron chi connectivity index (χ0n) is 17.5. The summed E-state index contributed by atoms with van der Waals surface area (Å²) in [6.45, 7) is 4.70. The van der Waals surface area contributed by atoms with Gasteiger partial charge in [0.15, 0.2) is 5.69 Å². The molecular weight excluding hydrogens is 389 g/mol. The zero-order valence-corrected chi connectivity index (χ0v) is 17.5. The minimum atomic E-state index is -0.950. The molecule has 2 heterocycles. The summed E-state index contributed by atoms with van der Waals surface area (Å²) >= 11 is 0. The number of aliphatic hydroxyl groups excluding tert-OH is 1. The van der Waals surface area contributed by atoms with Gasteiger partial charge in [0.25, 0.3) is 11.8 Å². The van der Waals surface area contributed by atoms with E-state index in [-0.39, 0.29) is 30.4 Å². The Kier molecular flexibility index (Phi) is 6.52. The number of unbranched alkanes of at least 4 members (excludes halogenated alkanes) is 1. The van der Waals surface area contributed by atoms with Crippen LogP contribution < -0.4 is 10.6 Å². The van der Waals surface area contributed by atoms with Gasteiger partial charge < -0.3 is 15.3 Å². The van der Waals surface area contributed by atoms with Crippen LogP contribution in [0.15, 0.2) is 30.3 Å². The number of likely N-dealkylation sites (N-methyl/N-ethyl adjacent to an activating group) is 1. The van der Waals surface area contributed by atoms with Crippen LogP contribution in [0.3, 0.4) is 0 Å². The van der Waals surface area contributed by atoms with E-state index in [0.29, 0.717) is 12.1 Å². The molecule has 2 amide bonds. The lowest BCUT2D eigenvalue weighted by molar-refractivity contribution is -0.0378. The van der Waals surface area contributed by atoms with Crippen molar-refractivity contribution in [2.75, 3.05) is 13.6 Å². The summed E-state index contributed by atoms with van der Waals surface area (Å²) in [4.78, 5) is 26.9. The molecule has 1 aromatic heterocycles. The minimum absolute atomic E-state index is 0.0132. The van der Waals surface area contributed by atoms with Crippen LogP contribution in [-0.2, 0) is 13.1 Å². The summed E-state index contributed by atoms with van der Waals surface area (Å²) in [5.74, 6) is -1.24. The van der Waals surface area contributed by atoms with Gasteiger partial charge in [0.1, 0.15) is 17.7 Å². The molecule has 3 rings (SSSR count). The number of carbonyl (C=O) groups excluding carboxylic acids is 2. The third-order valence-corrected chi connectivity index (χ3v) is 5.63. The van der Waals surface area contributed by atoms with Crippen molar-refractivity contribution in [1.29, 1.82) is 0 Å².